The van der Waals surface area contributed by atoms with Crippen molar-refractivity contribution in [1.29, 1.82) is 0 Å². The van der Waals surface area contributed by atoms with Gasteiger partial charge in [-0.15, -0.1) is 16.4 Å². The fraction of sp³-hybridized carbons (Fsp3) is 0.174. The third kappa shape index (κ3) is 5.63. The fourth-order valence-corrected chi connectivity index (χ4v) is 4.76. The Morgan fingerprint density at radius 2 is 1.75 bits per heavy atom. The van der Waals surface area contributed by atoms with Gasteiger partial charge in [-0.25, -0.2) is 13.9 Å². The average Bonchev–Trinajstić information content (AvgIpc) is 3.37. The highest BCUT2D eigenvalue weighted by molar-refractivity contribution is 7.19. The van der Waals surface area contributed by atoms with Crippen LogP contribution in [0, 0.1) is 5.82 Å². The molecule has 6 nitrogen and oxygen atoms in total. The van der Waals surface area contributed by atoms with Crippen molar-refractivity contribution < 1.29 is 22.4 Å². The van der Waals surface area contributed by atoms with Crippen LogP contribution in [-0.4, -0.2) is 20.3 Å². The van der Waals surface area contributed by atoms with Crippen LogP contribution in [0.15, 0.2) is 59.4 Å². The molecule has 0 aliphatic carbocycles. The van der Waals surface area contributed by atoms with Gasteiger partial charge in [0.05, 0.1) is 26.3 Å². The van der Waals surface area contributed by atoms with Crippen molar-refractivity contribution in [2.75, 3.05) is 0 Å². The lowest BCUT2D eigenvalue weighted by Crippen LogP contribution is -2.33. The summed E-state index contributed by atoms with van der Waals surface area (Å²) in [6.07, 6.45) is -4.64. The second-order valence-corrected chi connectivity index (χ2v) is 9.69. The van der Waals surface area contributed by atoms with E-state index in [0.29, 0.717) is 9.21 Å². The predicted molar refractivity (Wildman–Crippen MR) is 129 cm³/mol. The third-order valence-electron chi connectivity index (χ3n) is 5.16. The van der Waals surface area contributed by atoms with Gasteiger partial charge in [-0.05, 0) is 29.8 Å². The maximum Gasteiger partial charge on any atom is 0.417 e. The molecule has 0 fully saturated rings. The highest BCUT2D eigenvalue weighted by Crippen LogP contribution is 2.36. The van der Waals surface area contributed by atoms with E-state index in [4.69, 9.17) is 23.2 Å². The van der Waals surface area contributed by atoms with Crippen LogP contribution in [0.3, 0.4) is 0 Å². The zero-order valence-corrected chi connectivity index (χ0v) is 20.5. The molecule has 4 aromatic rings. The lowest BCUT2D eigenvalue weighted by Gasteiger charge is -2.12. The molecule has 188 valence electrons. The van der Waals surface area contributed by atoms with Crippen LogP contribution in [0.1, 0.15) is 16.7 Å². The number of amides is 1. The number of carbonyl (C=O) groups is 1. The van der Waals surface area contributed by atoms with E-state index in [1.807, 2.05) is 0 Å². The highest BCUT2D eigenvalue weighted by Gasteiger charge is 2.33. The van der Waals surface area contributed by atoms with Crippen LogP contribution in [0.4, 0.5) is 17.6 Å². The minimum Gasteiger partial charge on any atom is -0.350 e. The summed E-state index contributed by atoms with van der Waals surface area (Å²) < 4.78 is 56.0. The van der Waals surface area contributed by atoms with Crippen molar-refractivity contribution in [2.24, 2.45) is 0 Å². The van der Waals surface area contributed by atoms with Crippen LogP contribution in [0.2, 0.25) is 9.36 Å². The van der Waals surface area contributed by atoms with Crippen LogP contribution in [0.5, 0.6) is 0 Å². The second-order valence-electron chi connectivity index (χ2n) is 7.60. The molecule has 0 saturated carbocycles. The third-order valence-corrected chi connectivity index (χ3v) is 6.83. The van der Waals surface area contributed by atoms with Gasteiger partial charge in [0, 0.05) is 12.1 Å². The summed E-state index contributed by atoms with van der Waals surface area (Å²) in [7, 11) is 0. The first-order chi connectivity index (χ1) is 17.0. The average molecular weight is 559 g/mol. The summed E-state index contributed by atoms with van der Waals surface area (Å²) in [6, 6.07) is 12.6. The molecule has 0 bridgehead atoms. The molecule has 13 heteroatoms. The van der Waals surface area contributed by atoms with Gasteiger partial charge < -0.3 is 5.32 Å². The number of halogens is 6. The van der Waals surface area contributed by atoms with E-state index in [1.54, 1.807) is 18.2 Å². The molecule has 0 radical (unpaired) electrons. The minimum atomic E-state index is -4.64. The molecular formula is C23H16Cl2F4N4O2S. The number of alkyl halides is 3. The number of hydrogen-bond acceptors (Lipinski definition) is 4. The predicted octanol–water partition coefficient (Wildman–Crippen LogP) is 5.60. The van der Waals surface area contributed by atoms with Gasteiger partial charge in [0.2, 0.25) is 5.91 Å². The van der Waals surface area contributed by atoms with Crippen molar-refractivity contribution in [1.82, 2.24) is 19.7 Å². The number of hydrogen-bond donors (Lipinski definition) is 1. The Morgan fingerprint density at radius 1 is 1.03 bits per heavy atom. The summed E-state index contributed by atoms with van der Waals surface area (Å²) in [5.41, 5.74) is -1.39. The molecule has 36 heavy (non-hydrogen) atoms. The maximum atomic E-state index is 14.3. The minimum absolute atomic E-state index is 0.0613. The summed E-state index contributed by atoms with van der Waals surface area (Å²) in [5.74, 6) is -1.01. The molecule has 4 rings (SSSR count). The monoisotopic (exact) mass is 558 g/mol. The molecule has 0 atom stereocenters. The number of rotatable bonds is 7. The number of thiophene rings is 1. The van der Waals surface area contributed by atoms with Crippen LogP contribution >= 0.6 is 34.5 Å². The maximum absolute atomic E-state index is 14.3. The number of carbonyl (C=O) groups excluding carboxylic acids is 1. The molecule has 1 N–H and O–H groups in total. The van der Waals surface area contributed by atoms with Gasteiger partial charge in [0.25, 0.3) is 0 Å². The van der Waals surface area contributed by atoms with E-state index in [1.165, 1.54) is 34.9 Å². The fourth-order valence-electron chi connectivity index (χ4n) is 3.42. The number of aromatic nitrogens is 3. The highest BCUT2D eigenvalue weighted by atomic mass is 35.5. The quantitative estimate of drug-likeness (QED) is 0.300. The van der Waals surface area contributed by atoms with Crippen molar-refractivity contribution in [2.45, 2.75) is 25.8 Å². The second kappa shape index (κ2) is 10.5. The first-order valence-corrected chi connectivity index (χ1v) is 11.9. The Bertz CT molecular complexity index is 1480. The van der Waals surface area contributed by atoms with Gasteiger partial charge in [-0.3, -0.25) is 9.36 Å². The van der Waals surface area contributed by atoms with Gasteiger partial charge in [0.1, 0.15) is 12.4 Å². The molecular weight excluding hydrogens is 543 g/mol. The lowest BCUT2D eigenvalue weighted by atomic mass is 10.1. The zero-order chi connectivity index (χ0) is 26.0. The van der Waals surface area contributed by atoms with E-state index in [-0.39, 0.29) is 30.0 Å². The SMILES string of the molecule is O=C(Cn1nc(-c2ccc(Cl)s2)n(Cc2ccccc2F)c1=O)NCc1cccc(C(F)(F)F)c1Cl. The summed E-state index contributed by atoms with van der Waals surface area (Å²) in [6.45, 7) is -0.955. The molecule has 0 spiro atoms. The van der Waals surface area contributed by atoms with Gasteiger partial charge in [-0.1, -0.05) is 53.5 Å². The Balaban J connectivity index is 1.57. The summed E-state index contributed by atoms with van der Waals surface area (Å²) in [4.78, 5) is 26.2. The molecule has 0 saturated heterocycles. The number of benzene rings is 2. The first-order valence-electron chi connectivity index (χ1n) is 10.3. The van der Waals surface area contributed by atoms with Crippen molar-refractivity contribution in [3.05, 3.63) is 96.9 Å². The zero-order valence-electron chi connectivity index (χ0n) is 18.2. The molecule has 2 aromatic carbocycles. The topological polar surface area (TPSA) is 68.9 Å². The van der Waals surface area contributed by atoms with Gasteiger partial charge in [-0.2, -0.15) is 13.2 Å². The number of nitrogens with zero attached hydrogens (tertiary/aromatic N) is 3. The van der Waals surface area contributed by atoms with Gasteiger partial charge >= 0.3 is 11.9 Å². The normalized spacial score (nSPS) is 11.6. The Morgan fingerprint density at radius 3 is 2.42 bits per heavy atom. The van der Waals surface area contributed by atoms with Crippen molar-refractivity contribution >= 4 is 40.4 Å². The Labute approximate surface area is 215 Å². The molecule has 0 unspecified atom stereocenters. The first kappa shape index (κ1) is 25.9. The van der Waals surface area contributed by atoms with E-state index < -0.39 is 40.7 Å². The molecule has 2 aromatic heterocycles. The van der Waals surface area contributed by atoms with E-state index in [2.05, 4.69) is 10.4 Å². The van der Waals surface area contributed by atoms with Crippen LogP contribution in [0.25, 0.3) is 10.7 Å². The summed E-state index contributed by atoms with van der Waals surface area (Å²) >= 11 is 13.0. The lowest BCUT2D eigenvalue weighted by molar-refractivity contribution is -0.137. The van der Waals surface area contributed by atoms with E-state index in [0.717, 1.165) is 22.1 Å². The van der Waals surface area contributed by atoms with Crippen LogP contribution in [-0.2, 0) is 30.6 Å². The van der Waals surface area contributed by atoms with Crippen molar-refractivity contribution in [3.63, 3.8) is 0 Å². The van der Waals surface area contributed by atoms with Gasteiger partial charge in [0.15, 0.2) is 5.82 Å². The molecule has 2 heterocycles. The van der Waals surface area contributed by atoms with Crippen LogP contribution < -0.4 is 11.0 Å². The Hall–Kier alpha value is -3.15. The van der Waals surface area contributed by atoms with E-state index >= 15 is 0 Å². The van der Waals surface area contributed by atoms with Crippen molar-refractivity contribution in [3.8, 4) is 10.7 Å². The summed E-state index contributed by atoms with van der Waals surface area (Å²) in [5, 5.41) is 6.17. The molecule has 1 amide bonds. The molecule has 0 aliphatic heterocycles. The largest absolute Gasteiger partial charge is 0.417 e. The Kier molecular flexibility index (Phi) is 7.53. The van der Waals surface area contributed by atoms with E-state index in [9.17, 15) is 27.2 Å². The molecule has 0 aliphatic rings. The smallest absolute Gasteiger partial charge is 0.350 e. The standard InChI is InChI=1S/C23H16Cl2F4N4O2S/c24-18-9-8-17(36-18)21-31-33(22(35)32(21)11-14-4-1-2-7-16(14)26)12-19(34)30-10-13-5-3-6-15(20(13)25)23(27,28)29/h1-9H,10-12H2,(H,30,34). The number of nitrogens with one attached hydrogen (secondary N) is 1.